The maximum atomic E-state index is 11.6. The summed E-state index contributed by atoms with van der Waals surface area (Å²) in [6, 6.07) is 9.69. The molecular weight excluding hydrogens is 268 g/mol. The number of carboxylic acids is 1. The molecule has 0 atom stereocenters. The average Bonchev–Trinajstić information content (AvgIpc) is 2.45. The van der Waals surface area contributed by atoms with Crippen LogP contribution in [0.1, 0.15) is 19.4 Å². The van der Waals surface area contributed by atoms with E-state index in [4.69, 9.17) is 9.84 Å². The molecule has 0 aromatic heterocycles. The number of benzene rings is 1. The third-order valence-electron chi connectivity index (χ3n) is 2.63. The molecule has 1 rings (SSSR count). The van der Waals surface area contributed by atoms with Crippen molar-refractivity contribution in [3.05, 3.63) is 65.3 Å². The van der Waals surface area contributed by atoms with E-state index >= 15 is 0 Å². The summed E-state index contributed by atoms with van der Waals surface area (Å²) in [6.45, 7) is 3.33. The van der Waals surface area contributed by atoms with E-state index in [1.807, 2.05) is 36.4 Å². The Morgan fingerprint density at radius 2 is 1.86 bits per heavy atom. The molecule has 0 fully saturated rings. The molecule has 0 amide bonds. The van der Waals surface area contributed by atoms with Gasteiger partial charge in [-0.2, -0.15) is 0 Å². The van der Waals surface area contributed by atoms with Crippen molar-refractivity contribution in [2.75, 3.05) is 6.61 Å². The van der Waals surface area contributed by atoms with Gasteiger partial charge < -0.3 is 9.84 Å². The van der Waals surface area contributed by atoms with E-state index in [0.29, 0.717) is 5.57 Å². The van der Waals surface area contributed by atoms with Crippen LogP contribution in [-0.2, 0) is 14.3 Å². The van der Waals surface area contributed by atoms with Crippen LogP contribution in [0.4, 0.5) is 0 Å². The van der Waals surface area contributed by atoms with Crippen LogP contribution in [-0.4, -0.2) is 23.7 Å². The second-order valence-electron chi connectivity index (χ2n) is 4.21. The summed E-state index contributed by atoms with van der Waals surface area (Å²) in [4.78, 5) is 22.7. The number of hydrogen-bond donors (Lipinski definition) is 1. The van der Waals surface area contributed by atoms with Crippen LogP contribution >= 0.6 is 0 Å². The van der Waals surface area contributed by atoms with Gasteiger partial charge in [-0.05, 0) is 25.0 Å². The van der Waals surface area contributed by atoms with Gasteiger partial charge in [0.15, 0.2) is 0 Å². The average molecular weight is 286 g/mol. The lowest BCUT2D eigenvalue weighted by atomic mass is 10.1. The summed E-state index contributed by atoms with van der Waals surface area (Å²) in [5.41, 5.74) is 1.03. The molecule has 0 bridgehead atoms. The molecule has 0 heterocycles. The Morgan fingerprint density at radius 1 is 1.19 bits per heavy atom. The van der Waals surface area contributed by atoms with Crippen molar-refractivity contribution < 1.29 is 19.4 Å². The smallest absolute Gasteiger partial charge is 0.345 e. The number of ether oxygens (including phenoxy) is 1. The molecule has 110 valence electrons. The predicted molar refractivity (Wildman–Crippen MR) is 81.6 cm³/mol. The Balaban J connectivity index is 2.84. The second kappa shape index (κ2) is 8.53. The zero-order valence-corrected chi connectivity index (χ0v) is 12.1. The Bertz CT molecular complexity index is 580. The first-order chi connectivity index (χ1) is 10.1. The number of allylic oxidation sites excluding steroid dienone is 4. The number of carboxylic acid groups (broad SMARTS) is 1. The number of carbonyl (C=O) groups excluding carboxylic acids is 1. The molecule has 0 aliphatic carbocycles. The van der Waals surface area contributed by atoms with Gasteiger partial charge in [-0.1, -0.05) is 54.6 Å². The highest BCUT2D eigenvalue weighted by molar-refractivity contribution is 6.14. The Labute approximate surface area is 124 Å². The van der Waals surface area contributed by atoms with Crippen LogP contribution in [0.5, 0.6) is 0 Å². The molecule has 0 saturated carbocycles. The number of hydrogen-bond acceptors (Lipinski definition) is 3. The first kappa shape index (κ1) is 16.4. The minimum absolute atomic E-state index is 0.139. The normalized spacial score (nSPS) is 12.5. The van der Waals surface area contributed by atoms with E-state index in [-0.39, 0.29) is 12.2 Å². The molecule has 1 N–H and O–H groups in total. The highest BCUT2D eigenvalue weighted by Gasteiger charge is 2.20. The SMILES string of the molecule is CCOC(=O)\C(C(=O)O)=C(C)/C=C/C=C/c1ccccc1. The predicted octanol–water partition coefficient (Wildman–Crippen LogP) is 3.22. The maximum Gasteiger partial charge on any atom is 0.345 e. The first-order valence-corrected chi connectivity index (χ1v) is 6.57. The summed E-state index contributed by atoms with van der Waals surface area (Å²) in [6.07, 6.45) is 6.92. The van der Waals surface area contributed by atoms with E-state index in [0.717, 1.165) is 5.56 Å². The van der Waals surface area contributed by atoms with Gasteiger partial charge in [0.1, 0.15) is 5.57 Å². The molecule has 1 aromatic carbocycles. The van der Waals surface area contributed by atoms with Crippen molar-refractivity contribution in [1.29, 1.82) is 0 Å². The van der Waals surface area contributed by atoms with Crippen LogP contribution in [0.25, 0.3) is 6.08 Å². The van der Waals surface area contributed by atoms with Gasteiger partial charge in [0, 0.05) is 0 Å². The van der Waals surface area contributed by atoms with Crippen LogP contribution in [0.15, 0.2) is 59.7 Å². The van der Waals surface area contributed by atoms with Crippen LogP contribution in [0.3, 0.4) is 0 Å². The van der Waals surface area contributed by atoms with Gasteiger partial charge >= 0.3 is 11.9 Å². The number of esters is 1. The third-order valence-corrected chi connectivity index (χ3v) is 2.63. The highest BCUT2D eigenvalue weighted by atomic mass is 16.5. The van der Waals surface area contributed by atoms with Crippen LogP contribution in [0.2, 0.25) is 0 Å². The molecule has 0 aliphatic heterocycles. The molecule has 0 aliphatic rings. The zero-order chi connectivity index (χ0) is 15.7. The van der Waals surface area contributed by atoms with E-state index in [2.05, 4.69) is 0 Å². The minimum Gasteiger partial charge on any atom is -0.477 e. The summed E-state index contributed by atoms with van der Waals surface area (Å²) in [5, 5.41) is 9.06. The van der Waals surface area contributed by atoms with Crippen molar-refractivity contribution in [1.82, 2.24) is 0 Å². The molecule has 0 saturated heterocycles. The van der Waals surface area contributed by atoms with E-state index in [1.165, 1.54) is 0 Å². The quantitative estimate of drug-likeness (QED) is 0.287. The summed E-state index contributed by atoms with van der Waals surface area (Å²) >= 11 is 0. The van der Waals surface area contributed by atoms with Crippen molar-refractivity contribution in [3.8, 4) is 0 Å². The monoisotopic (exact) mass is 286 g/mol. The molecule has 4 heteroatoms. The van der Waals surface area contributed by atoms with Gasteiger partial charge in [0.05, 0.1) is 6.61 Å². The summed E-state index contributed by atoms with van der Waals surface area (Å²) in [7, 11) is 0. The number of carbonyl (C=O) groups is 2. The van der Waals surface area contributed by atoms with Crippen molar-refractivity contribution in [2.24, 2.45) is 0 Å². The Hall–Kier alpha value is -2.62. The molecule has 1 aromatic rings. The van der Waals surface area contributed by atoms with Gasteiger partial charge in [0.2, 0.25) is 0 Å². The first-order valence-electron chi connectivity index (χ1n) is 6.57. The van der Waals surface area contributed by atoms with Crippen molar-refractivity contribution in [3.63, 3.8) is 0 Å². The number of aliphatic carboxylic acids is 1. The lowest BCUT2D eigenvalue weighted by molar-refractivity contribution is -0.143. The molecule has 0 spiro atoms. The summed E-state index contributed by atoms with van der Waals surface area (Å²) < 4.78 is 4.73. The van der Waals surface area contributed by atoms with Gasteiger partial charge in [-0.15, -0.1) is 0 Å². The fourth-order valence-electron chi connectivity index (χ4n) is 1.63. The standard InChI is InChI=1S/C17H18O4/c1-3-21-17(20)15(16(18)19)13(2)9-7-8-12-14-10-5-4-6-11-14/h4-12H,3H2,1-2H3,(H,18,19)/b9-7+,12-8+,15-13-. The molecule has 0 unspecified atom stereocenters. The molecule has 4 nitrogen and oxygen atoms in total. The van der Waals surface area contributed by atoms with Crippen LogP contribution in [0, 0.1) is 0 Å². The topological polar surface area (TPSA) is 63.6 Å². The molecule has 21 heavy (non-hydrogen) atoms. The molecule has 0 radical (unpaired) electrons. The lowest BCUT2D eigenvalue weighted by Gasteiger charge is -2.04. The fraction of sp³-hybridized carbons (Fsp3) is 0.176. The summed E-state index contributed by atoms with van der Waals surface area (Å²) in [5.74, 6) is -2.11. The number of rotatable bonds is 6. The van der Waals surface area contributed by atoms with Crippen molar-refractivity contribution >= 4 is 18.0 Å². The fourth-order valence-corrected chi connectivity index (χ4v) is 1.63. The van der Waals surface area contributed by atoms with Gasteiger partial charge in [-0.3, -0.25) is 0 Å². The Morgan fingerprint density at radius 3 is 2.43 bits per heavy atom. The Kier molecular flexibility index (Phi) is 6.68. The van der Waals surface area contributed by atoms with Gasteiger partial charge in [-0.25, -0.2) is 9.59 Å². The molecular formula is C17H18O4. The third kappa shape index (κ3) is 5.48. The largest absolute Gasteiger partial charge is 0.477 e. The van der Waals surface area contributed by atoms with E-state index < -0.39 is 11.9 Å². The van der Waals surface area contributed by atoms with Gasteiger partial charge in [0.25, 0.3) is 0 Å². The second-order valence-corrected chi connectivity index (χ2v) is 4.21. The van der Waals surface area contributed by atoms with Crippen molar-refractivity contribution in [2.45, 2.75) is 13.8 Å². The maximum absolute atomic E-state index is 11.6. The highest BCUT2D eigenvalue weighted by Crippen LogP contribution is 2.09. The lowest BCUT2D eigenvalue weighted by Crippen LogP contribution is -2.16. The van der Waals surface area contributed by atoms with E-state index in [1.54, 1.807) is 32.1 Å². The van der Waals surface area contributed by atoms with E-state index in [9.17, 15) is 9.59 Å². The zero-order valence-electron chi connectivity index (χ0n) is 12.1. The minimum atomic E-state index is -1.29. The van der Waals surface area contributed by atoms with Crippen LogP contribution < -0.4 is 0 Å².